The zero-order valence-electron chi connectivity index (χ0n) is 11.7. The standard InChI is InChI=1S/C14H24N2O2/c1-14(2,3)13(18)16-9-5-11(6-10-16)12(17)15-7-4-8-15/h11H,4-10H2,1-3H3. The van der Waals surface area contributed by atoms with Gasteiger partial charge in [-0.2, -0.15) is 0 Å². The molecular weight excluding hydrogens is 228 g/mol. The van der Waals surface area contributed by atoms with Crippen LogP contribution in [-0.2, 0) is 9.59 Å². The Hall–Kier alpha value is -1.06. The van der Waals surface area contributed by atoms with Gasteiger partial charge in [-0.1, -0.05) is 20.8 Å². The molecule has 2 heterocycles. The molecule has 2 rings (SSSR count). The molecule has 4 nitrogen and oxygen atoms in total. The van der Waals surface area contributed by atoms with Crippen molar-refractivity contribution < 1.29 is 9.59 Å². The van der Waals surface area contributed by atoms with Gasteiger partial charge < -0.3 is 9.80 Å². The fourth-order valence-corrected chi connectivity index (χ4v) is 2.60. The normalized spacial score (nSPS) is 21.7. The molecule has 0 unspecified atom stereocenters. The van der Waals surface area contributed by atoms with Gasteiger partial charge in [0.25, 0.3) is 0 Å². The summed E-state index contributed by atoms with van der Waals surface area (Å²) in [6.45, 7) is 9.19. The van der Waals surface area contributed by atoms with E-state index < -0.39 is 0 Å². The van der Waals surface area contributed by atoms with Crippen LogP contribution in [0, 0.1) is 11.3 Å². The molecule has 0 atom stereocenters. The number of hydrogen-bond donors (Lipinski definition) is 0. The lowest BCUT2D eigenvalue weighted by Crippen LogP contribution is -2.50. The van der Waals surface area contributed by atoms with E-state index in [1.54, 1.807) is 0 Å². The fourth-order valence-electron chi connectivity index (χ4n) is 2.60. The Labute approximate surface area is 109 Å². The van der Waals surface area contributed by atoms with Crippen LogP contribution < -0.4 is 0 Å². The molecule has 4 heteroatoms. The maximum absolute atomic E-state index is 12.1. The second-order valence-electron chi connectivity index (χ2n) is 6.50. The van der Waals surface area contributed by atoms with Gasteiger partial charge in [-0.3, -0.25) is 9.59 Å². The van der Waals surface area contributed by atoms with Gasteiger partial charge in [0.2, 0.25) is 11.8 Å². The summed E-state index contributed by atoms with van der Waals surface area (Å²) in [5.74, 6) is 0.663. The summed E-state index contributed by atoms with van der Waals surface area (Å²) >= 11 is 0. The Bertz CT molecular complexity index is 334. The summed E-state index contributed by atoms with van der Waals surface area (Å²) in [6, 6.07) is 0. The van der Waals surface area contributed by atoms with E-state index >= 15 is 0 Å². The van der Waals surface area contributed by atoms with E-state index in [2.05, 4.69) is 0 Å². The number of amides is 2. The van der Waals surface area contributed by atoms with Crippen LogP contribution in [0.4, 0.5) is 0 Å². The first-order valence-corrected chi connectivity index (χ1v) is 6.98. The summed E-state index contributed by atoms with van der Waals surface area (Å²) in [6.07, 6.45) is 2.81. The monoisotopic (exact) mass is 252 g/mol. The summed E-state index contributed by atoms with van der Waals surface area (Å²) < 4.78 is 0. The predicted octanol–water partition coefficient (Wildman–Crippen LogP) is 1.50. The van der Waals surface area contributed by atoms with Gasteiger partial charge in [0.1, 0.15) is 0 Å². The van der Waals surface area contributed by atoms with Gasteiger partial charge in [-0.25, -0.2) is 0 Å². The number of rotatable bonds is 1. The molecule has 0 aromatic rings. The summed E-state index contributed by atoms with van der Waals surface area (Å²) in [7, 11) is 0. The second-order valence-corrected chi connectivity index (χ2v) is 6.50. The molecule has 0 bridgehead atoms. The highest BCUT2D eigenvalue weighted by atomic mass is 16.2. The minimum absolute atomic E-state index is 0.148. The molecule has 0 radical (unpaired) electrons. The molecule has 0 aliphatic carbocycles. The molecule has 0 N–H and O–H groups in total. The SMILES string of the molecule is CC(C)(C)C(=O)N1CCC(C(=O)N2CCC2)CC1. The van der Waals surface area contributed by atoms with Crippen molar-refractivity contribution in [2.45, 2.75) is 40.0 Å². The van der Waals surface area contributed by atoms with Gasteiger partial charge in [-0.15, -0.1) is 0 Å². The molecule has 0 aromatic carbocycles. The first-order valence-electron chi connectivity index (χ1n) is 6.98. The molecule has 2 aliphatic heterocycles. The zero-order valence-corrected chi connectivity index (χ0v) is 11.7. The van der Waals surface area contributed by atoms with Crippen LogP contribution >= 0.6 is 0 Å². The van der Waals surface area contributed by atoms with E-state index in [4.69, 9.17) is 0 Å². The third-order valence-corrected chi connectivity index (χ3v) is 3.94. The largest absolute Gasteiger partial charge is 0.342 e. The van der Waals surface area contributed by atoms with Crippen molar-refractivity contribution in [2.24, 2.45) is 11.3 Å². The van der Waals surface area contributed by atoms with Crippen LogP contribution in [0.3, 0.4) is 0 Å². The van der Waals surface area contributed by atoms with Gasteiger partial charge in [0, 0.05) is 37.5 Å². The molecule has 18 heavy (non-hydrogen) atoms. The fraction of sp³-hybridized carbons (Fsp3) is 0.857. The van der Waals surface area contributed by atoms with Gasteiger partial charge in [0.05, 0.1) is 0 Å². The Balaban J connectivity index is 1.84. The van der Waals surface area contributed by atoms with Crippen LogP contribution in [-0.4, -0.2) is 47.8 Å². The molecular formula is C14H24N2O2. The quantitative estimate of drug-likeness (QED) is 0.709. The summed E-state index contributed by atoms with van der Waals surface area (Å²) in [5.41, 5.74) is -0.311. The molecule has 0 saturated carbocycles. The highest BCUT2D eigenvalue weighted by Crippen LogP contribution is 2.25. The molecule has 2 aliphatic rings. The van der Waals surface area contributed by atoms with E-state index in [1.165, 1.54) is 0 Å². The van der Waals surface area contributed by atoms with Crippen molar-refractivity contribution in [1.82, 2.24) is 9.80 Å². The Morgan fingerprint density at radius 3 is 1.89 bits per heavy atom. The van der Waals surface area contributed by atoms with Crippen molar-refractivity contribution in [3.05, 3.63) is 0 Å². The lowest BCUT2D eigenvalue weighted by Gasteiger charge is -2.39. The van der Waals surface area contributed by atoms with Crippen molar-refractivity contribution in [1.29, 1.82) is 0 Å². The average Bonchev–Trinajstić information content (AvgIpc) is 2.24. The number of nitrogens with zero attached hydrogens (tertiary/aromatic N) is 2. The van der Waals surface area contributed by atoms with E-state index in [9.17, 15) is 9.59 Å². The predicted molar refractivity (Wildman–Crippen MR) is 70.0 cm³/mol. The van der Waals surface area contributed by atoms with E-state index in [-0.39, 0.29) is 17.2 Å². The number of hydrogen-bond acceptors (Lipinski definition) is 2. The van der Waals surface area contributed by atoms with E-state index in [1.807, 2.05) is 30.6 Å². The Morgan fingerprint density at radius 1 is 0.944 bits per heavy atom. The lowest BCUT2D eigenvalue weighted by molar-refractivity contribution is -0.146. The molecule has 0 aromatic heterocycles. The maximum atomic E-state index is 12.1. The molecule has 0 spiro atoms. The number of piperidine rings is 1. The van der Waals surface area contributed by atoms with Crippen molar-refractivity contribution in [2.75, 3.05) is 26.2 Å². The van der Waals surface area contributed by atoms with Crippen molar-refractivity contribution >= 4 is 11.8 Å². The van der Waals surface area contributed by atoms with E-state index in [0.717, 1.165) is 45.4 Å². The summed E-state index contributed by atoms with van der Waals surface area (Å²) in [4.78, 5) is 28.1. The second kappa shape index (κ2) is 4.90. The minimum Gasteiger partial charge on any atom is -0.342 e. The van der Waals surface area contributed by atoms with Gasteiger partial charge in [0.15, 0.2) is 0 Å². The van der Waals surface area contributed by atoms with Crippen molar-refractivity contribution in [3.63, 3.8) is 0 Å². The Kier molecular flexibility index (Phi) is 3.64. The summed E-state index contributed by atoms with van der Waals surface area (Å²) in [5, 5.41) is 0. The third kappa shape index (κ3) is 2.68. The van der Waals surface area contributed by atoms with Gasteiger partial charge >= 0.3 is 0 Å². The minimum atomic E-state index is -0.311. The molecule has 2 amide bonds. The lowest BCUT2D eigenvalue weighted by atomic mass is 9.90. The van der Waals surface area contributed by atoms with Crippen LogP contribution in [0.1, 0.15) is 40.0 Å². The number of carbonyl (C=O) groups is 2. The van der Waals surface area contributed by atoms with Crippen molar-refractivity contribution in [3.8, 4) is 0 Å². The molecule has 2 fully saturated rings. The highest BCUT2D eigenvalue weighted by Gasteiger charge is 2.34. The maximum Gasteiger partial charge on any atom is 0.227 e. The Morgan fingerprint density at radius 2 is 1.50 bits per heavy atom. The third-order valence-electron chi connectivity index (χ3n) is 3.94. The van der Waals surface area contributed by atoms with Gasteiger partial charge in [-0.05, 0) is 19.3 Å². The van der Waals surface area contributed by atoms with Crippen LogP contribution in [0.25, 0.3) is 0 Å². The van der Waals surface area contributed by atoms with Crippen LogP contribution in [0.5, 0.6) is 0 Å². The topological polar surface area (TPSA) is 40.6 Å². The smallest absolute Gasteiger partial charge is 0.227 e. The van der Waals surface area contributed by atoms with E-state index in [0.29, 0.717) is 5.91 Å². The van der Waals surface area contributed by atoms with Crippen LogP contribution in [0.15, 0.2) is 0 Å². The van der Waals surface area contributed by atoms with Crippen LogP contribution in [0.2, 0.25) is 0 Å². The highest BCUT2D eigenvalue weighted by molar-refractivity contribution is 5.83. The molecule has 2 saturated heterocycles. The number of likely N-dealkylation sites (tertiary alicyclic amines) is 2. The first kappa shape index (κ1) is 13.4. The zero-order chi connectivity index (χ0) is 13.3. The first-order chi connectivity index (χ1) is 8.39. The average molecular weight is 252 g/mol. The number of carbonyl (C=O) groups excluding carboxylic acids is 2. The molecule has 102 valence electrons.